The Hall–Kier alpha value is -1.64. The quantitative estimate of drug-likeness (QED) is 0.533. The van der Waals surface area contributed by atoms with Gasteiger partial charge in [0.1, 0.15) is 5.69 Å². The van der Waals surface area contributed by atoms with Gasteiger partial charge in [-0.15, -0.1) is 0 Å². The van der Waals surface area contributed by atoms with Crippen LogP contribution in [-0.4, -0.2) is 9.73 Å². The minimum Gasteiger partial charge on any atom is -0.309 e. The van der Waals surface area contributed by atoms with E-state index < -0.39 is 0 Å². The maximum atomic E-state index is 11.8. The lowest BCUT2D eigenvalue weighted by Gasteiger charge is -1.95. The smallest absolute Gasteiger partial charge is 0.278 e. The Morgan fingerprint density at radius 2 is 2.20 bits per heavy atom. The molecule has 1 heterocycles. The minimum absolute atomic E-state index is 0.132. The van der Waals surface area contributed by atoms with E-state index in [9.17, 15) is 5.11 Å². The van der Waals surface area contributed by atoms with Gasteiger partial charge in [-0.1, -0.05) is 11.6 Å². The molecule has 0 saturated heterocycles. The van der Waals surface area contributed by atoms with Crippen LogP contribution in [0.25, 0.3) is 10.9 Å². The van der Waals surface area contributed by atoms with Crippen LogP contribution in [0.5, 0.6) is 5.88 Å². The Morgan fingerprint density at radius 3 is 2.87 bits per heavy atom. The van der Waals surface area contributed by atoms with Crippen LogP contribution in [0.15, 0.2) is 23.2 Å². The number of aliphatic imine (C=N–C) groups is 1. The second-order valence-corrected chi connectivity index (χ2v) is 3.62. The Morgan fingerprint density at radius 1 is 1.47 bits per heavy atom. The summed E-state index contributed by atoms with van der Waals surface area (Å²) in [5.41, 5.74) is 2.34. The zero-order valence-corrected chi connectivity index (χ0v) is 9.26. The molecule has 0 aliphatic heterocycles. The highest BCUT2D eigenvalue weighted by molar-refractivity contribution is 7.78. The van der Waals surface area contributed by atoms with E-state index in [-0.39, 0.29) is 5.88 Å². The van der Waals surface area contributed by atoms with Gasteiger partial charge in [-0.3, -0.25) is 5.11 Å². The number of aryl methyl sites for hydroxylation is 2. The summed E-state index contributed by atoms with van der Waals surface area (Å²) >= 11 is 4.53. The van der Waals surface area contributed by atoms with Crippen LogP contribution < -0.4 is 0 Å². The topological polar surface area (TPSA) is 37.2 Å². The van der Waals surface area contributed by atoms with Crippen LogP contribution in [-0.2, 0) is 12.2 Å². The SMILES string of the molecule is Cc1ccc2c(c1)c(N=C=S)c([O])n2C. The number of thiocarbonyl (C=S) groups is 1. The van der Waals surface area contributed by atoms with Crippen LogP contribution in [0.3, 0.4) is 0 Å². The zero-order valence-electron chi connectivity index (χ0n) is 8.44. The standard InChI is InChI=1S/C11H9N2OS/c1-7-3-4-9-8(5-7)10(12-6-15)11(14)13(9)2/h3-5H,1-2H3. The molecule has 0 unspecified atom stereocenters. The van der Waals surface area contributed by atoms with Gasteiger partial charge in [0, 0.05) is 12.4 Å². The number of isothiocyanates is 1. The Bertz CT molecular complexity index is 580. The van der Waals surface area contributed by atoms with E-state index >= 15 is 0 Å². The van der Waals surface area contributed by atoms with Gasteiger partial charge < -0.3 is 4.57 Å². The summed E-state index contributed by atoms with van der Waals surface area (Å²) in [5.74, 6) is -0.132. The van der Waals surface area contributed by atoms with Crippen LogP contribution >= 0.6 is 12.2 Å². The number of fused-ring (bicyclic) bond motifs is 1. The lowest BCUT2D eigenvalue weighted by atomic mass is 10.1. The summed E-state index contributed by atoms with van der Waals surface area (Å²) in [6, 6.07) is 5.81. The van der Waals surface area contributed by atoms with Gasteiger partial charge in [0.05, 0.1) is 10.7 Å². The molecule has 1 aromatic carbocycles. The van der Waals surface area contributed by atoms with Crippen molar-refractivity contribution in [2.24, 2.45) is 12.0 Å². The summed E-state index contributed by atoms with van der Waals surface area (Å²) < 4.78 is 1.57. The number of hydrogen-bond donors (Lipinski definition) is 0. The molecular formula is C11H9N2OS. The largest absolute Gasteiger partial charge is 0.309 e. The normalized spacial score (nSPS) is 10.3. The molecule has 0 saturated carbocycles. The number of rotatable bonds is 1. The highest BCUT2D eigenvalue weighted by atomic mass is 32.1. The van der Waals surface area contributed by atoms with Crippen molar-refractivity contribution in [2.45, 2.75) is 6.92 Å². The van der Waals surface area contributed by atoms with E-state index in [0.717, 1.165) is 16.5 Å². The number of hydrogen-bond acceptors (Lipinski definition) is 2. The third-order valence-corrected chi connectivity index (χ3v) is 2.52. The molecule has 2 aromatic rings. The average molecular weight is 217 g/mol. The summed E-state index contributed by atoms with van der Waals surface area (Å²) in [5, 5.41) is 14.9. The van der Waals surface area contributed by atoms with Gasteiger partial charge in [0.25, 0.3) is 5.88 Å². The molecule has 0 atom stereocenters. The van der Waals surface area contributed by atoms with Gasteiger partial charge in [0.15, 0.2) is 0 Å². The average Bonchev–Trinajstić information content (AvgIpc) is 2.44. The molecule has 0 aliphatic carbocycles. The summed E-state index contributed by atoms with van der Waals surface area (Å²) in [4.78, 5) is 3.83. The molecule has 1 radical (unpaired) electrons. The molecule has 0 amide bonds. The first-order chi connectivity index (χ1) is 7.15. The van der Waals surface area contributed by atoms with Crippen molar-refractivity contribution < 1.29 is 5.11 Å². The van der Waals surface area contributed by atoms with Gasteiger partial charge >= 0.3 is 0 Å². The first-order valence-corrected chi connectivity index (χ1v) is 4.90. The van der Waals surface area contributed by atoms with Crippen molar-refractivity contribution in [3.63, 3.8) is 0 Å². The molecule has 75 valence electrons. The van der Waals surface area contributed by atoms with E-state index in [1.807, 2.05) is 25.1 Å². The molecular weight excluding hydrogens is 208 g/mol. The van der Waals surface area contributed by atoms with Crippen molar-refractivity contribution in [3.05, 3.63) is 23.8 Å². The van der Waals surface area contributed by atoms with E-state index in [2.05, 4.69) is 22.4 Å². The first-order valence-electron chi connectivity index (χ1n) is 4.49. The van der Waals surface area contributed by atoms with Crippen LogP contribution in [0.2, 0.25) is 0 Å². The lowest BCUT2D eigenvalue weighted by Crippen LogP contribution is -1.84. The van der Waals surface area contributed by atoms with Gasteiger partial charge in [0.2, 0.25) is 0 Å². The van der Waals surface area contributed by atoms with Gasteiger partial charge in [-0.05, 0) is 31.3 Å². The van der Waals surface area contributed by atoms with E-state index in [0.29, 0.717) is 5.69 Å². The monoisotopic (exact) mass is 217 g/mol. The molecule has 0 N–H and O–H groups in total. The Balaban J connectivity index is 2.94. The number of aromatic nitrogens is 1. The molecule has 15 heavy (non-hydrogen) atoms. The fraction of sp³-hybridized carbons (Fsp3) is 0.182. The first kappa shape index (κ1) is 9.90. The van der Waals surface area contributed by atoms with Crippen molar-refractivity contribution in [1.82, 2.24) is 4.57 Å². The van der Waals surface area contributed by atoms with Gasteiger partial charge in [-0.25, -0.2) is 0 Å². The van der Waals surface area contributed by atoms with Crippen molar-refractivity contribution in [1.29, 1.82) is 0 Å². The third kappa shape index (κ3) is 1.44. The number of nitrogens with zero attached hydrogens (tertiary/aromatic N) is 2. The molecule has 0 spiro atoms. The molecule has 3 nitrogen and oxygen atoms in total. The summed E-state index contributed by atoms with van der Waals surface area (Å²) in [7, 11) is 1.72. The highest BCUT2D eigenvalue weighted by Gasteiger charge is 2.14. The Kier molecular flexibility index (Phi) is 2.31. The maximum absolute atomic E-state index is 11.8. The summed E-state index contributed by atoms with van der Waals surface area (Å²) in [6.07, 6.45) is 0. The molecule has 4 heteroatoms. The van der Waals surface area contributed by atoms with Crippen molar-refractivity contribution in [2.75, 3.05) is 0 Å². The highest BCUT2D eigenvalue weighted by Crippen LogP contribution is 2.38. The second kappa shape index (κ2) is 3.50. The minimum atomic E-state index is -0.132. The van der Waals surface area contributed by atoms with E-state index in [4.69, 9.17) is 0 Å². The number of benzene rings is 1. The van der Waals surface area contributed by atoms with Crippen molar-refractivity contribution in [3.8, 4) is 5.88 Å². The van der Waals surface area contributed by atoms with E-state index in [1.165, 1.54) is 0 Å². The predicted octanol–water partition coefficient (Wildman–Crippen LogP) is 3.36. The fourth-order valence-corrected chi connectivity index (χ4v) is 1.76. The molecule has 1 aromatic heterocycles. The Labute approximate surface area is 92.7 Å². The maximum Gasteiger partial charge on any atom is 0.278 e. The van der Waals surface area contributed by atoms with Crippen molar-refractivity contribution >= 4 is 34.0 Å². The fourth-order valence-electron chi connectivity index (χ4n) is 1.67. The second-order valence-electron chi connectivity index (χ2n) is 3.44. The van der Waals surface area contributed by atoms with Crippen LogP contribution in [0.4, 0.5) is 5.69 Å². The lowest BCUT2D eigenvalue weighted by molar-refractivity contribution is 0.326. The zero-order chi connectivity index (χ0) is 11.0. The molecule has 0 fully saturated rings. The molecule has 2 rings (SSSR count). The van der Waals surface area contributed by atoms with Crippen LogP contribution in [0, 0.1) is 6.92 Å². The molecule has 0 aliphatic rings. The van der Waals surface area contributed by atoms with Gasteiger partial charge in [-0.2, -0.15) is 4.99 Å². The molecule has 0 bridgehead atoms. The summed E-state index contributed by atoms with van der Waals surface area (Å²) in [6.45, 7) is 1.97. The van der Waals surface area contributed by atoms with Crippen LogP contribution in [0.1, 0.15) is 5.56 Å². The van der Waals surface area contributed by atoms with E-state index in [1.54, 1.807) is 11.6 Å². The third-order valence-electron chi connectivity index (χ3n) is 2.43. The predicted molar refractivity (Wildman–Crippen MR) is 62.5 cm³/mol.